The molecule has 0 amide bonds. The topological polar surface area (TPSA) is 35.1 Å². The summed E-state index contributed by atoms with van der Waals surface area (Å²) >= 11 is 0. The summed E-state index contributed by atoms with van der Waals surface area (Å²) in [5.74, 6) is 0.176. The Morgan fingerprint density at radius 3 is 2.00 bits per heavy atom. The highest BCUT2D eigenvalue weighted by Crippen LogP contribution is 2.49. The lowest BCUT2D eigenvalue weighted by molar-refractivity contribution is 0.660. The van der Waals surface area contributed by atoms with Crippen LogP contribution in [0.3, 0.4) is 0 Å². The minimum absolute atomic E-state index is 0.0205. The van der Waals surface area contributed by atoms with Crippen LogP contribution in [0.25, 0.3) is 82.8 Å². The van der Waals surface area contributed by atoms with Gasteiger partial charge in [0.25, 0.3) is 0 Å². The fraction of sp³-hybridized carbons (Fsp3) is 0.0200. The van der Waals surface area contributed by atoms with Crippen LogP contribution in [0.15, 0.2) is 191 Å². The number of hydrogen-bond acceptors (Lipinski definition) is 2. The van der Waals surface area contributed by atoms with Crippen LogP contribution in [0.5, 0.6) is 0 Å². The molecular formula is C50H31NO2. The first-order chi connectivity index (χ1) is 26.2. The average Bonchev–Trinajstić information content (AvgIpc) is 3.73. The molecule has 1 unspecified atom stereocenters. The van der Waals surface area contributed by atoms with Crippen molar-refractivity contribution in [3.05, 3.63) is 209 Å². The van der Waals surface area contributed by atoms with Crippen molar-refractivity contribution in [2.24, 2.45) is 0 Å². The van der Waals surface area contributed by atoms with Crippen molar-refractivity contribution < 1.29 is 4.42 Å². The molecule has 248 valence electrons. The molecule has 1 atom stereocenters. The Kier molecular flexibility index (Phi) is 6.47. The van der Waals surface area contributed by atoms with Gasteiger partial charge in [-0.1, -0.05) is 127 Å². The van der Waals surface area contributed by atoms with E-state index in [2.05, 4.69) is 144 Å². The first-order valence-corrected chi connectivity index (χ1v) is 18.1. The Morgan fingerprint density at radius 2 is 1.11 bits per heavy atom. The third-order valence-corrected chi connectivity index (χ3v) is 11.1. The second-order valence-electron chi connectivity index (χ2n) is 14.0. The van der Waals surface area contributed by atoms with Gasteiger partial charge in [-0.15, -0.1) is 0 Å². The predicted octanol–water partition coefficient (Wildman–Crippen LogP) is 12.5. The first kappa shape index (κ1) is 29.7. The second kappa shape index (κ2) is 11.5. The number of hydrogen-bond donors (Lipinski definition) is 0. The van der Waals surface area contributed by atoms with Gasteiger partial charge in [-0.25, -0.2) is 0 Å². The van der Waals surface area contributed by atoms with E-state index in [1.54, 1.807) is 0 Å². The molecule has 0 bridgehead atoms. The molecule has 3 nitrogen and oxygen atoms in total. The Bertz CT molecular complexity index is 3140. The minimum atomic E-state index is -0.0205. The van der Waals surface area contributed by atoms with Gasteiger partial charge in [0.1, 0.15) is 11.2 Å². The van der Waals surface area contributed by atoms with Crippen LogP contribution in [-0.2, 0) is 0 Å². The van der Waals surface area contributed by atoms with Crippen molar-refractivity contribution in [2.45, 2.75) is 5.92 Å². The maximum Gasteiger partial charge on any atom is 0.201 e. The number of nitrogens with zero attached hydrogens (tertiary/aromatic N) is 1. The van der Waals surface area contributed by atoms with Crippen LogP contribution in [0.1, 0.15) is 22.6 Å². The van der Waals surface area contributed by atoms with E-state index in [4.69, 9.17) is 4.42 Å². The number of aromatic nitrogens is 1. The van der Waals surface area contributed by atoms with Gasteiger partial charge < -0.3 is 8.98 Å². The van der Waals surface area contributed by atoms with Crippen molar-refractivity contribution >= 4 is 43.7 Å². The summed E-state index contributed by atoms with van der Waals surface area (Å²) in [4.78, 5) is 14.4. The highest BCUT2D eigenvalue weighted by Gasteiger charge is 2.30. The van der Waals surface area contributed by atoms with Gasteiger partial charge in [-0.05, 0) is 105 Å². The van der Waals surface area contributed by atoms with Gasteiger partial charge in [-0.2, -0.15) is 0 Å². The quantitative estimate of drug-likeness (QED) is 0.174. The maximum atomic E-state index is 14.4. The van der Waals surface area contributed by atoms with Gasteiger partial charge in [0.05, 0.1) is 21.8 Å². The summed E-state index contributed by atoms with van der Waals surface area (Å²) in [6, 6.07) is 63.6. The zero-order chi connectivity index (χ0) is 35.0. The third-order valence-electron chi connectivity index (χ3n) is 11.1. The Labute approximate surface area is 305 Å². The van der Waals surface area contributed by atoms with Gasteiger partial charge in [0.2, 0.25) is 5.43 Å². The first-order valence-electron chi connectivity index (χ1n) is 18.1. The van der Waals surface area contributed by atoms with Crippen molar-refractivity contribution in [1.29, 1.82) is 0 Å². The number of fused-ring (bicyclic) bond motifs is 8. The average molecular weight is 678 g/mol. The molecular weight excluding hydrogens is 647 g/mol. The maximum absolute atomic E-state index is 14.4. The Balaban J connectivity index is 1.03. The van der Waals surface area contributed by atoms with Crippen LogP contribution in [0.4, 0.5) is 0 Å². The fourth-order valence-electron chi connectivity index (χ4n) is 8.70. The lowest BCUT2D eigenvalue weighted by Crippen LogP contribution is -2.04. The second-order valence-corrected chi connectivity index (χ2v) is 14.0. The molecule has 3 heteroatoms. The summed E-state index contributed by atoms with van der Waals surface area (Å²) in [6.45, 7) is 0. The largest absolute Gasteiger partial charge is 0.456 e. The van der Waals surface area contributed by atoms with E-state index < -0.39 is 0 Å². The molecule has 0 spiro atoms. The van der Waals surface area contributed by atoms with Crippen molar-refractivity contribution in [3.63, 3.8) is 0 Å². The van der Waals surface area contributed by atoms with E-state index in [0.717, 1.165) is 33.5 Å². The van der Waals surface area contributed by atoms with Crippen LogP contribution >= 0.6 is 0 Å². The molecule has 1 aliphatic carbocycles. The van der Waals surface area contributed by atoms with E-state index in [9.17, 15) is 4.79 Å². The van der Waals surface area contributed by atoms with Crippen LogP contribution in [0.2, 0.25) is 0 Å². The van der Waals surface area contributed by atoms with E-state index >= 15 is 0 Å². The standard InChI is InChI=1S/C50H31NO2/c52-50-41-26-22-33(32-24-27-45-43(28-32)38-17-9-10-20-44(38)51(45)35-14-5-2-6-15-35)30-47(41)53-46-21-11-19-36(49(46)50)34-23-25-40-42(29-34)37-16-7-8-18-39(37)48(40)31-12-3-1-4-13-31/h1-30,48H. The molecule has 0 saturated carbocycles. The van der Waals surface area contributed by atoms with Crippen LogP contribution in [-0.4, -0.2) is 4.57 Å². The molecule has 0 N–H and O–H groups in total. The lowest BCUT2D eigenvalue weighted by atomic mass is 9.88. The Morgan fingerprint density at radius 1 is 0.434 bits per heavy atom. The molecule has 0 aliphatic heterocycles. The molecule has 1 aliphatic rings. The highest BCUT2D eigenvalue weighted by molar-refractivity contribution is 6.10. The van der Waals surface area contributed by atoms with Gasteiger partial charge in [-0.3, -0.25) is 4.79 Å². The highest BCUT2D eigenvalue weighted by atomic mass is 16.3. The van der Waals surface area contributed by atoms with Crippen molar-refractivity contribution in [1.82, 2.24) is 4.57 Å². The zero-order valence-electron chi connectivity index (χ0n) is 28.7. The SMILES string of the molecule is O=c1c2ccc(-c3ccc4c(c3)c3ccccc3n4-c3ccccc3)cc2oc2cccc(-c3ccc4c(c3)-c3ccccc3C4c3ccccc3)c12. The smallest absolute Gasteiger partial charge is 0.201 e. The number of para-hydroxylation sites is 2. The molecule has 0 saturated heterocycles. The lowest BCUT2D eigenvalue weighted by Gasteiger charge is -2.15. The Hall–Kier alpha value is -6.97. The summed E-state index contributed by atoms with van der Waals surface area (Å²) in [5.41, 5.74) is 14.9. The van der Waals surface area contributed by atoms with Crippen LogP contribution < -0.4 is 5.43 Å². The predicted molar refractivity (Wildman–Crippen MR) is 218 cm³/mol. The minimum Gasteiger partial charge on any atom is -0.456 e. The molecule has 0 radical (unpaired) electrons. The summed E-state index contributed by atoms with van der Waals surface area (Å²) in [5, 5.41) is 3.56. The van der Waals surface area contributed by atoms with Crippen LogP contribution in [0, 0.1) is 0 Å². The summed E-state index contributed by atoms with van der Waals surface area (Å²) < 4.78 is 8.91. The molecule has 8 aromatic carbocycles. The molecule has 53 heavy (non-hydrogen) atoms. The molecule has 0 fully saturated rings. The molecule has 2 aromatic heterocycles. The van der Waals surface area contributed by atoms with E-state index in [1.807, 2.05) is 42.5 Å². The number of benzene rings is 8. The normalized spacial score (nSPS) is 13.5. The molecule has 10 aromatic rings. The zero-order valence-corrected chi connectivity index (χ0v) is 28.7. The van der Waals surface area contributed by atoms with Crippen molar-refractivity contribution in [2.75, 3.05) is 0 Å². The van der Waals surface area contributed by atoms with Gasteiger partial charge in [0, 0.05) is 22.4 Å². The van der Waals surface area contributed by atoms with E-state index in [1.165, 1.54) is 44.1 Å². The van der Waals surface area contributed by atoms with Gasteiger partial charge in [0.15, 0.2) is 0 Å². The molecule has 11 rings (SSSR count). The number of rotatable bonds is 4. The third kappa shape index (κ3) is 4.51. The summed E-state index contributed by atoms with van der Waals surface area (Å²) in [7, 11) is 0. The monoisotopic (exact) mass is 677 g/mol. The van der Waals surface area contributed by atoms with Crippen molar-refractivity contribution in [3.8, 4) is 39.1 Å². The van der Waals surface area contributed by atoms with Gasteiger partial charge >= 0.3 is 0 Å². The van der Waals surface area contributed by atoms with E-state index in [-0.39, 0.29) is 11.3 Å². The fourth-order valence-corrected chi connectivity index (χ4v) is 8.70. The molecule has 2 heterocycles. The van der Waals surface area contributed by atoms with E-state index in [0.29, 0.717) is 21.9 Å². The summed E-state index contributed by atoms with van der Waals surface area (Å²) in [6.07, 6.45) is 0.